The first-order valence-corrected chi connectivity index (χ1v) is 12.6. The average Bonchev–Trinajstić information content (AvgIpc) is 3.14. The summed E-state index contributed by atoms with van der Waals surface area (Å²) in [5.41, 5.74) is 5.75. The van der Waals surface area contributed by atoms with Crippen molar-refractivity contribution in [1.82, 2.24) is 0 Å². The van der Waals surface area contributed by atoms with Crippen molar-refractivity contribution in [3.63, 3.8) is 0 Å². The quantitative estimate of drug-likeness (QED) is 0.242. The zero-order chi connectivity index (χ0) is 26.9. The zero-order valence-electron chi connectivity index (χ0n) is 22.3. The van der Waals surface area contributed by atoms with E-state index in [1.807, 2.05) is 63.2 Å². The van der Waals surface area contributed by atoms with Gasteiger partial charge >= 0.3 is 0 Å². The maximum atomic E-state index is 13.5. The van der Waals surface area contributed by atoms with Crippen LogP contribution in [-0.4, -0.2) is 37.0 Å². The van der Waals surface area contributed by atoms with E-state index < -0.39 is 17.7 Å². The van der Waals surface area contributed by atoms with Crippen molar-refractivity contribution >= 4 is 28.8 Å². The first kappa shape index (κ1) is 26.0. The molecule has 6 nitrogen and oxygen atoms in total. The fourth-order valence-electron chi connectivity index (χ4n) is 5.14. The summed E-state index contributed by atoms with van der Waals surface area (Å²) in [6.45, 7) is 11.7. The molecule has 37 heavy (non-hydrogen) atoms. The van der Waals surface area contributed by atoms with Crippen LogP contribution in [0.25, 0.3) is 5.76 Å². The minimum Gasteiger partial charge on any atom is -0.507 e. The second-order valence-electron chi connectivity index (χ2n) is 9.46. The van der Waals surface area contributed by atoms with Crippen LogP contribution < -0.4 is 14.5 Å². The number of carbonyl (C=O) groups excluding carboxylic acids is 2. The first-order chi connectivity index (χ1) is 17.7. The van der Waals surface area contributed by atoms with E-state index in [1.54, 1.807) is 25.3 Å². The molecular weight excluding hydrogens is 464 g/mol. The summed E-state index contributed by atoms with van der Waals surface area (Å²) in [5.74, 6) is -0.887. The lowest BCUT2D eigenvalue weighted by molar-refractivity contribution is -0.132. The number of aliphatic hydroxyl groups is 1. The Balaban J connectivity index is 1.92. The van der Waals surface area contributed by atoms with Gasteiger partial charge in [0.05, 0.1) is 18.7 Å². The Morgan fingerprint density at radius 3 is 2.08 bits per heavy atom. The highest BCUT2D eigenvalue weighted by molar-refractivity contribution is 6.51. The maximum absolute atomic E-state index is 13.5. The van der Waals surface area contributed by atoms with Gasteiger partial charge in [-0.3, -0.25) is 14.5 Å². The molecule has 1 N–H and O–H groups in total. The highest BCUT2D eigenvalue weighted by atomic mass is 16.5. The van der Waals surface area contributed by atoms with Crippen LogP contribution in [0.1, 0.15) is 47.7 Å². The molecule has 1 atom stereocenters. The molecule has 0 saturated carbocycles. The third-order valence-corrected chi connectivity index (χ3v) is 6.93. The van der Waals surface area contributed by atoms with Gasteiger partial charge in [0.2, 0.25) is 0 Å². The molecule has 0 spiro atoms. The van der Waals surface area contributed by atoms with E-state index in [1.165, 1.54) is 4.90 Å². The number of anilines is 2. The molecule has 0 bridgehead atoms. The van der Waals surface area contributed by atoms with Crippen molar-refractivity contribution in [3.05, 3.63) is 94.1 Å². The van der Waals surface area contributed by atoms with Crippen molar-refractivity contribution in [2.24, 2.45) is 0 Å². The highest BCUT2D eigenvalue weighted by Gasteiger charge is 2.47. The van der Waals surface area contributed by atoms with Gasteiger partial charge in [-0.1, -0.05) is 18.2 Å². The number of amides is 1. The Morgan fingerprint density at radius 1 is 0.919 bits per heavy atom. The Hall–Kier alpha value is -4.06. The van der Waals surface area contributed by atoms with E-state index in [2.05, 4.69) is 18.7 Å². The van der Waals surface area contributed by atoms with Crippen LogP contribution in [0, 0.1) is 20.8 Å². The van der Waals surface area contributed by atoms with Gasteiger partial charge in [0.25, 0.3) is 11.7 Å². The third kappa shape index (κ3) is 4.84. The number of ketones is 1. The number of nitrogens with zero attached hydrogens (tertiary/aromatic N) is 2. The van der Waals surface area contributed by atoms with Crippen molar-refractivity contribution in [3.8, 4) is 5.75 Å². The average molecular weight is 499 g/mol. The molecule has 0 aromatic heterocycles. The Labute approximate surface area is 218 Å². The fourth-order valence-corrected chi connectivity index (χ4v) is 5.14. The molecule has 1 saturated heterocycles. The smallest absolute Gasteiger partial charge is 0.300 e. The molecule has 3 aromatic rings. The largest absolute Gasteiger partial charge is 0.507 e. The normalized spacial score (nSPS) is 16.8. The monoisotopic (exact) mass is 498 g/mol. The summed E-state index contributed by atoms with van der Waals surface area (Å²) >= 11 is 0. The molecule has 1 amide bonds. The molecule has 1 aliphatic heterocycles. The topological polar surface area (TPSA) is 70.1 Å². The number of benzene rings is 3. The van der Waals surface area contributed by atoms with Gasteiger partial charge in [0.15, 0.2) is 0 Å². The number of hydrogen-bond acceptors (Lipinski definition) is 5. The number of methoxy groups -OCH3 is 1. The van der Waals surface area contributed by atoms with Gasteiger partial charge in [-0.15, -0.1) is 0 Å². The van der Waals surface area contributed by atoms with Crippen molar-refractivity contribution in [2.45, 2.75) is 40.7 Å². The van der Waals surface area contributed by atoms with E-state index in [9.17, 15) is 14.7 Å². The van der Waals surface area contributed by atoms with Crippen LogP contribution >= 0.6 is 0 Å². The predicted octanol–water partition coefficient (Wildman–Crippen LogP) is 6.09. The minimum atomic E-state index is -0.769. The van der Waals surface area contributed by atoms with Gasteiger partial charge in [-0.25, -0.2) is 0 Å². The van der Waals surface area contributed by atoms with Gasteiger partial charge in [0, 0.05) is 30.0 Å². The Morgan fingerprint density at radius 2 is 1.54 bits per heavy atom. The Bertz CT molecular complexity index is 1350. The number of hydrogen-bond donors (Lipinski definition) is 1. The summed E-state index contributed by atoms with van der Waals surface area (Å²) < 4.78 is 5.35. The molecule has 192 valence electrons. The highest BCUT2D eigenvalue weighted by Crippen LogP contribution is 2.43. The summed E-state index contributed by atoms with van der Waals surface area (Å²) in [4.78, 5) is 30.7. The van der Waals surface area contributed by atoms with Crippen LogP contribution in [0.15, 0.2) is 66.2 Å². The third-order valence-electron chi connectivity index (χ3n) is 6.93. The van der Waals surface area contributed by atoms with E-state index in [0.717, 1.165) is 41.0 Å². The van der Waals surface area contributed by atoms with Crippen molar-refractivity contribution < 1.29 is 19.4 Å². The van der Waals surface area contributed by atoms with Crippen molar-refractivity contribution in [1.29, 1.82) is 0 Å². The summed E-state index contributed by atoms with van der Waals surface area (Å²) in [6.07, 6.45) is 0. The van der Waals surface area contributed by atoms with E-state index in [4.69, 9.17) is 4.74 Å². The molecule has 1 unspecified atom stereocenters. The molecule has 6 heteroatoms. The molecule has 3 aromatic carbocycles. The number of aliphatic hydroxyl groups excluding tert-OH is 1. The van der Waals surface area contributed by atoms with E-state index in [0.29, 0.717) is 17.0 Å². The molecule has 1 heterocycles. The van der Waals surface area contributed by atoms with E-state index in [-0.39, 0.29) is 11.3 Å². The Kier molecular flexibility index (Phi) is 7.39. The van der Waals surface area contributed by atoms with Crippen LogP contribution in [0.3, 0.4) is 0 Å². The number of aryl methyl sites for hydroxylation is 3. The molecule has 1 aliphatic rings. The van der Waals surface area contributed by atoms with Crippen molar-refractivity contribution in [2.75, 3.05) is 30.0 Å². The van der Waals surface area contributed by atoms with Gasteiger partial charge in [0.1, 0.15) is 11.5 Å². The number of carbonyl (C=O) groups is 2. The maximum Gasteiger partial charge on any atom is 0.300 e. The van der Waals surface area contributed by atoms with Gasteiger partial charge in [-0.2, -0.15) is 0 Å². The van der Waals surface area contributed by atoms with Crippen LogP contribution in [0.2, 0.25) is 0 Å². The number of Topliss-reactive ketones (excluding diaryl/α,β-unsaturated/α-hetero) is 1. The zero-order valence-corrected chi connectivity index (χ0v) is 22.3. The summed E-state index contributed by atoms with van der Waals surface area (Å²) in [7, 11) is 1.58. The molecular formula is C31H34N2O4. The number of ether oxygens (including phenoxy) is 1. The van der Waals surface area contributed by atoms with Crippen LogP contribution in [0.5, 0.6) is 5.75 Å². The second-order valence-corrected chi connectivity index (χ2v) is 9.46. The predicted molar refractivity (Wildman–Crippen MR) is 148 cm³/mol. The molecule has 0 aliphatic carbocycles. The minimum absolute atomic E-state index is 0.0734. The van der Waals surface area contributed by atoms with E-state index >= 15 is 0 Å². The molecule has 0 radical (unpaired) electrons. The SMILES string of the molecule is CCN(CC)c1ccc(C2/C(=C(/O)c3ccc(OC)c(C)c3)C(=O)C(=O)N2c2cc(C)cc(C)c2)cc1. The van der Waals surface area contributed by atoms with Gasteiger partial charge in [-0.05, 0) is 99.3 Å². The lowest BCUT2D eigenvalue weighted by Gasteiger charge is -2.27. The summed E-state index contributed by atoms with van der Waals surface area (Å²) in [6, 6.07) is 18.1. The molecule has 1 fully saturated rings. The van der Waals surface area contributed by atoms with Crippen LogP contribution in [-0.2, 0) is 9.59 Å². The lowest BCUT2D eigenvalue weighted by atomic mass is 9.94. The van der Waals surface area contributed by atoms with Gasteiger partial charge < -0.3 is 14.7 Å². The summed E-state index contributed by atoms with van der Waals surface area (Å²) in [5, 5.41) is 11.5. The standard InChI is InChI=1S/C31H34N2O4/c1-7-32(8-2)24-12-9-22(10-13-24)28-27(29(34)23-11-14-26(37-6)21(5)18-23)30(35)31(36)33(28)25-16-19(3)15-20(4)17-25/h9-18,28,34H,7-8H2,1-6H3/b29-27-. The van der Waals surface area contributed by atoms with Crippen LogP contribution in [0.4, 0.5) is 11.4 Å². The number of rotatable bonds is 7. The second kappa shape index (κ2) is 10.5. The molecule has 4 rings (SSSR count). The fraction of sp³-hybridized carbons (Fsp3) is 0.290. The first-order valence-electron chi connectivity index (χ1n) is 12.6. The lowest BCUT2D eigenvalue weighted by Crippen LogP contribution is -2.29.